The zero-order valence-electron chi connectivity index (χ0n) is 13.2. The van der Waals surface area contributed by atoms with Gasteiger partial charge in [0, 0.05) is 22.7 Å². The first-order valence-corrected chi connectivity index (χ1v) is 8.37. The minimum Gasteiger partial charge on any atom is -0.375 e. The third kappa shape index (κ3) is 2.97. The van der Waals surface area contributed by atoms with Gasteiger partial charge in [0.1, 0.15) is 0 Å². The number of rotatable bonds is 5. The number of carbonyl (C=O) groups is 2. The molecule has 0 fully saturated rings. The number of carbonyl (C=O) groups excluding carboxylic acids is 2. The molecule has 25 heavy (non-hydrogen) atoms. The van der Waals surface area contributed by atoms with Crippen LogP contribution >= 0.6 is 23.2 Å². The highest BCUT2D eigenvalue weighted by Gasteiger charge is 2.50. The maximum absolute atomic E-state index is 12.8. The number of amides is 1. The van der Waals surface area contributed by atoms with Crippen LogP contribution in [0.4, 0.5) is 5.69 Å². The van der Waals surface area contributed by atoms with Gasteiger partial charge in [-0.05, 0) is 24.3 Å². The zero-order chi connectivity index (χ0) is 18.2. The van der Waals surface area contributed by atoms with E-state index >= 15 is 0 Å². The van der Waals surface area contributed by atoms with Crippen LogP contribution in [0.25, 0.3) is 0 Å². The molecule has 0 bridgehead atoms. The molecule has 3 rings (SSSR count). The summed E-state index contributed by atoms with van der Waals surface area (Å²) >= 11 is 11.9. The summed E-state index contributed by atoms with van der Waals surface area (Å²) in [5, 5.41) is 11.7. The van der Waals surface area contributed by atoms with Crippen LogP contribution < -0.4 is 4.90 Å². The van der Waals surface area contributed by atoms with Crippen molar-refractivity contribution >= 4 is 40.6 Å². The summed E-state index contributed by atoms with van der Waals surface area (Å²) in [4.78, 5) is 26.9. The molecule has 4 nitrogen and oxygen atoms in total. The maximum atomic E-state index is 12.8. The molecule has 2 aromatic rings. The van der Waals surface area contributed by atoms with Crippen molar-refractivity contribution in [3.8, 4) is 0 Å². The highest BCUT2D eigenvalue weighted by Crippen LogP contribution is 2.43. The molecule has 1 aliphatic heterocycles. The Hall–Kier alpha value is -2.14. The van der Waals surface area contributed by atoms with Crippen LogP contribution in [0.2, 0.25) is 10.0 Å². The van der Waals surface area contributed by atoms with Crippen molar-refractivity contribution in [1.29, 1.82) is 0 Å². The lowest BCUT2D eigenvalue weighted by atomic mass is 9.88. The van der Waals surface area contributed by atoms with Gasteiger partial charge in [-0.1, -0.05) is 47.5 Å². The molecule has 0 saturated carbocycles. The number of fused-ring (bicyclic) bond motifs is 1. The molecule has 128 valence electrons. The molecule has 1 atom stereocenters. The Morgan fingerprint density at radius 1 is 1.24 bits per heavy atom. The summed E-state index contributed by atoms with van der Waals surface area (Å²) in [7, 11) is 0. The van der Waals surface area contributed by atoms with Gasteiger partial charge in [-0.2, -0.15) is 0 Å². The number of hydrogen-bond acceptors (Lipinski definition) is 3. The lowest BCUT2D eigenvalue weighted by molar-refractivity contribution is -0.135. The Morgan fingerprint density at radius 3 is 2.64 bits per heavy atom. The molecule has 0 spiro atoms. The second-order valence-corrected chi connectivity index (χ2v) is 6.65. The van der Waals surface area contributed by atoms with Gasteiger partial charge < -0.3 is 10.0 Å². The van der Waals surface area contributed by atoms with Crippen molar-refractivity contribution in [1.82, 2.24) is 0 Å². The van der Waals surface area contributed by atoms with E-state index in [-0.39, 0.29) is 17.1 Å². The minimum absolute atomic E-state index is 0.183. The van der Waals surface area contributed by atoms with E-state index in [1.807, 2.05) is 0 Å². The molecule has 0 saturated heterocycles. The first kappa shape index (κ1) is 17.7. The van der Waals surface area contributed by atoms with Crippen molar-refractivity contribution in [2.75, 3.05) is 11.4 Å². The van der Waals surface area contributed by atoms with E-state index in [0.717, 1.165) is 0 Å². The van der Waals surface area contributed by atoms with E-state index in [1.54, 1.807) is 36.4 Å². The molecule has 2 aromatic carbocycles. The number of ketones is 1. The third-order valence-electron chi connectivity index (χ3n) is 4.20. The average Bonchev–Trinajstić information content (AvgIpc) is 2.77. The van der Waals surface area contributed by atoms with Gasteiger partial charge in [0.25, 0.3) is 5.91 Å². The fourth-order valence-corrected chi connectivity index (χ4v) is 3.54. The van der Waals surface area contributed by atoms with Gasteiger partial charge in [0.2, 0.25) is 0 Å². The van der Waals surface area contributed by atoms with Crippen LogP contribution in [0, 0.1) is 0 Å². The first-order valence-electron chi connectivity index (χ1n) is 7.61. The highest BCUT2D eigenvalue weighted by atomic mass is 35.5. The molecule has 0 unspecified atom stereocenters. The van der Waals surface area contributed by atoms with E-state index in [2.05, 4.69) is 6.58 Å². The fraction of sp³-hybridized carbons (Fsp3) is 0.158. The molecule has 1 heterocycles. The SMILES string of the molecule is C=CCN1C(=O)[C@@](O)(CC(=O)c2ccc(Cl)cc2Cl)c2ccccc21. The van der Waals surface area contributed by atoms with Crippen molar-refractivity contribution in [3.05, 3.63) is 76.3 Å². The monoisotopic (exact) mass is 375 g/mol. The van der Waals surface area contributed by atoms with E-state index in [0.29, 0.717) is 16.3 Å². The van der Waals surface area contributed by atoms with Crippen molar-refractivity contribution < 1.29 is 14.7 Å². The van der Waals surface area contributed by atoms with Gasteiger partial charge in [0.05, 0.1) is 17.1 Å². The predicted molar refractivity (Wildman–Crippen MR) is 98.3 cm³/mol. The van der Waals surface area contributed by atoms with Gasteiger partial charge in [-0.25, -0.2) is 0 Å². The molecule has 0 radical (unpaired) electrons. The van der Waals surface area contributed by atoms with Gasteiger partial charge >= 0.3 is 0 Å². The molecule has 0 aromatic heterocycles. The number of aliphatic hydroxyl groups is 1. The van der Waals surface area contributed by atoms with E-state index in [4.69, 9.17) is 23.2 Å². The minimum atomic E-state index is -1.93. The Kier molecular flexibility index (Phi) is 4.69. The van der Waals surface area contributed by atoms with Crippen molar-refractivity contribution in [3.63, 3.8) is 0 Å². The highest BCUT2D eigenvalue weighted by molar-refractivity contribution is 6.37. The molecular formula is C19H15Cl2NO3. The standard InChI is InChI=1S/C19H15Cl2NO3/c1-2-9-22-16-6-4-3-5-14(16)19(25,18(22)24)11-17(23)13-8-7-12(20)10-15(13)21/h2-8,10,25H,1,9,11H2/t19-/m1/s1. The second kappa shape index (κ2) is 6.64. The van der Waals surface area contributed by atoms with Crippen LogP contribution in [-0.2, 0) is 10.4 Å². The smallest absolute Gasteiger partial charge is 0.264 e. The van der Waals surface area contributed by atoms with Gasteiger partial charge in [-0.3, -0.25) is 9.59 Å². The summed E-state index contributed by atoms with van der Waals surface area (Å²) in [5.41, 5.74) is -0.739. The second-order valence-electron chi connectivity index (χ2n) is 5.81. The quantitative estimate of drug-likeness (QED) is 0.634. The zero-order valence-corrected chi connectivity index (χ0v) is 14.7. The topological polar surface area (TPSA) is 57.6 Å². The number of benzene rings is 2. The number of nitrogens with zero attached hydrogens (tertiary/aromatic N) is 1. The maximum Gasteiger partial charge on any atom is 0.264 e. The number of halogens is 2. The summed E-state index contributed by atoms with van der Waals surface area (Å²) in [5.74, 6) is -0.986. The lowest BCUT2D eigenvalue weighted by Gasteiger charge is -2.22. The Bertz CT molecular complexity index is 881. The normalized spacial score (nSPS) is 19.0. The Labute approximate surface area is 155 Å². The Morgan fingerprint density at radius 2 is 1.96 bits per heavy atom. The average molecular weight is 376 g/mol. The van der Waals surface area contributed by atoms with E-state index in [1.165, 1.54) is 17.0 Å². The first-order chi connectivity index (χ1) is 11.9. The van der Waals surface area contributed by atoms with E-state index < -0.39 is 23.7 Å². The molecule has 1 aliphatic rings. The van der Waals surface area contributed by atoms with Crippen LogP contribution in [0.15, 0.2) is 55.1 Å². The molecule has 1 N–H and O–H groups in total. The largest absolute Gasteiger partial charge is 0.375 e. The summed E-state index contributed by atoms with van der Waals surface area (Å²) in [6.45, 7) is 3.88. The van der Waals surface area contributed by atoms with E-state index in [9.17, 15) is 14.7 Å². The summed E-state index contributed by atoms with van der Waals surface area (Å²) in [6, 6.07) is 11.3. The summed E-state index contributed by atoms with van der Waals surface area (Å²) in [6.07, 6.45) is 1.16. The molecule has 6 heteroatoms. The van der Waals surface area contributed by atoms with Gasteiger partial charge in [-0.15, -0.1) is 6.58 Å². The fourth-order valence-electron chi connectivity index (χ4n) is 3.03. The van der Waals surface area contributed by atoms with Crippen LogP contribution in [0.3, 0.4) is 0 Å². The number of Topliss-reactive ketones (excluding diaryl/α,β-unsaturated/α-hetero) is 1. The number of para-hydroxylation sites is 1. The number of anilines is 1. The molecule has 1 amide bonds. The van der Waals surface area contributed by atoms with Gasteiger partial charge in [0.15, 0.2) is 11.4 Å². The third-order valence-corrected chi connectivity index (χ3v) is 4.75. The molecular weight excluding hydrogens is 361 g/mol. The van der Waals surface area contributed by atoms with Crippen molar-refractivity contribution in [2.24, 2.45) is 0 Å². The van der Waals surface area contributed by atoms with Crippen molar-refractivity contribution in [2.45, 2.75) is 12.0 Å². The summed E-state index contributed by atoms with van der Waals surface area (Å²) < 4.78 is 0. The van der Waals surface area contributed by atoms with Crippen LogP contribution in [0.5, 0.6) is 0 Å². The molecule has 0 aliphatic carbocycles. The van der Waals surface area contributed by atoms with Crippen LogP contribution in [0.1, 0.15) is 22.3 Å². The van der Waals surface area contributed by atoms with Crippen LogP contribution in [-0.4, -0.2) is 23.3 Å². The lowest BCUT2D eigenvalue weighted by Crippen LogP contribution is -2.41. The number of hydrogen-bond donors (Lipinski definition) is 1. The predicted octanol–water partition coefficient (Wildman–Crippen LogP) is 3.99. The Balaban J connectivity index is 1.99.